The van der Waals surface area contributed by atoms with Gasteiger partial charge < -0.3 is 10.1 Å². The monoisotopic (exact) mass is 246 g/mol. The van der Waals surface area contributed by atoms with Crippen LogP contribution in [-0.2, 0) is 6.54 Å². The highest BCUT2D eigenvalue weighted by Crippen LogP contribution is 2.23. The van der Waals surface area contributed by atoms with Gasteiger partial charge in [0.1, 0.15) is 0 Å². The minimum atomic E-state index is -0.896. The predicted molar refractivity (Wildman–Crippen MR) is 71.6 cm³/mol. The van der Waals surface area contributed by atoms with E-state index in [1.165, 1.54) is 4.90 Å². The van der Waals surface area contributed by atoms with Crippen LogP contribution in [0.25, 0.3) is 10.9 Å². The van der Waals surface area contributed by atoms with Crippen LogP contribution in [0.4, 0.5) is 4.79 Å². The van der Waals surface area contributed by atoms with Gasteiger partial charge in [0.25, 0.3) is 0 Å². The Kier molecular flexibility index (Phi) is 3.03. The summed E-state index contributed by atoms with van der Waals surface area (Å²) in [5.74, 6) is 0. The van der Waals surface area contributed by atoms with E-state index in [0.29, 0.717) is 6.54 Å². The van der Waals surface area contributed by atoms with E-state index in [4.69, 9.17) is 0 Å². The molecule has 0 aliphatic heterocycles. The summed E-state index contributed by atoms with van der Waals surface area (Å²) in [6.07, 6.45) is 0.986. The summed E-state index contributed by atoms with van der Waals surface area (Å²) >= 11 is 0. The van der Waals surface area contributed by atoms with Crippen molar-refractivity contribution in [1.29, 1.82) is 0 Å². The van der Waals surface area contributed by atoms with E-state index in [0.717, 1.165) is 16.5 Å². The quantitative estimate of drug-likeness (QED) is 0.852. The van der Waals surface area contributed by atoms with E-state index in [1.807, 2.05) is 51.2 Å². The van der Waals surface area contributed by atoms with Crippen LogP contribution in [0.1, 0.15) is 26.3 Å². The zero-order valence-corrected chi connectivity index (χ0v) is 10.9. The van der Waals surface area contributed by atoms with Crippen molar-refractivity contribution in [2.75, 3.05) is 0 Å². The molecule has 4 heteroatoms. The van der Waals surface area contributed by atoms with Crippen LogP contribution in [0.3, 0.4) is 0 Å². The van der Waals surface area contributed by atoms with Crippen molar-refractivity contribution in [3.8, 4) is 0 Å². The molecule has 0 spiro atoms. The molecule has 0 radical (unpaired) electrons. The number of benzene rings is 1. The normalized spacial score (nSPS) is 11.7. The van der Waals surface area contributed by atoms with E-state index in [-0.39, 0.29) is 0 Å². The fraction of sp³-hybridized carbons (Fsp3) is 0.357. The van der Waals surface area contributed by atoms with Crippen LogP contribution >= 0.6 is 0 Å². The maximum atomic E-state index is 11.3. The summed E-state index contributed by atoms with van der Waals surface area (Å²) in [6.45, 7) is 6.09. The largest absolute Gasteiger partial charge is 0.465 e. The first-order chi connectivity index (χ1) is 8.39. The van der Waals surface area contributed by atoms with Gasteiger partial charge in [-0.1, -0.05) is 18.2 Å². The topological polar surface area (TPSA) is 56.3 Å². The average Bonchev–Trinajstić information content (AvgIpc) is 2.67. The zero-order valence-electron chi connectivity index (χ0n) is 10.9. The lowest BCUT2D eigenvalue weighted by atomic mass is 10.1. The summed E-state index contributed by atoms with van der Waals surface area (Å²) in [5, 5.41) is 10.4. The van der Waals surface area contributed by atoms with Crippen LogP contribution in [0.2, 0.25) is 0 Å². The average molecular weight is 246 g/mol. The van der Waals surface area contributed by atoms with E-state index in [2.05, 4.69) is 4.98 Å². The number of nitrogens with zero attached hydrogens (tertiary/aromatic N) is 1. The Morgan fingerprint density at radius 2 is 2.00 bits per heavy atom. The van der Waals surface area contributed by atoms with Crippen LogP contribution < -0.4 is 0 Å². The highest BCUT2D eigenvalue weighted by atomic mass is 16.4. The molecular formula is C14H18N2O2. The molecule has 0 aliphatic rings. The zero-order chi connectivity index (χ0) is 13.3. The lowest BCUT2D eigenvalue weighted by molar-refractivity contribution is 0.0958. The number of aromatic nitrogens is 1. The molecule has 1 amide bonds. The first kappa shape index (κ1) is 12.5. The fourth-order valence-electron chi connectivity index (χ4n) is 2.02. The van der Waals surface area contributed by atoms with Gasteiger partial charge in [-0.05, 0) is 32.4 Å². The summed E-state index contributed by atoms with van der Waals surface area (Å²) < 4.78 is 0. The lowest BCUT2D eigenvalue weighted by Crippen LogP contribution is -2.44. The second-order valence-electron chi connectivity index (χ2n) is 5.40. The number of rotatable bonds is 2. The number of aromatic amines is 1. The number of hydrogen-bond acceptors (Lipinski definition) is 1. The molecule has 2 aromatic rings. The van der Waals surface area contributed by atoms with E-state index in [1.54, 1.807) is 0 Å². The molecule has 2 rings (SSSR count). The molecule has 1 heterocycles. The Morgan fingerprint density at radius 3 is 2.61 bits per heavy atom. The van der Waals surface area contributed by atoms with Crippen molar-refractivity contribution in [1.82, 2.24) is 9.88 Å². The van der Waals surface area contributed by atoms with Gasteiger partial charge in [-0.25, -0.2) is 4.79 Å². The smallest absolute Gasteiger partial charge is 0.408 e. The highest BCUT2D eigenvalue weighted by Gasteiger charge is 2.26. The Balaban J connectivity index is 2.35. The fourth-order valence-corrected chi connectivity index (χ4v) is 2.02. The molecule has 2 N–H and O–H groups in total. The Hall–Kier alpha value is -1.97. The molecule has 0 saturated carbocycles. The van der Waals surface area contributed by atoms with Gasteiger partial charge in [-0.3, -0.25) is 4.90 Å². The van der Waals surface area contributed by atoms with Crippen molar-refractivity contribution in [3.05, 3.63) is 36.0 Å². The first-order valence-electron chi connectivity index (χ1n) is 5.95. The minimum absolute atomic E-state index is 0.392. The maximum Gasteiger partial charge on any atom is 0.408 e. The third-order valence-electron chi connectivity index (χ3n) is 3.04. The summed E-state index contributed by atoms with van der Waals surface area (Å²) in [5.41, 5.74) is 1.62. The SMILES string of the molecule is CC(C)(C)N(Cc1c[nH]c2ccccc12)C(=O)O. The van der Waals surface area contributed by atoms with Crippen LogP contribution in [0.15, 0.2) is 30.5 Å². The van der Waals surface area contributed by atoms with Crippen molar-refractivity contribution < 1.29 is 9.90 Å². The molecule has 1 aromatic heterocycles. The predicted octanol–water partition coefficient (Wildman–Crippen LogP) is 3.45. The number of hydrogen-bond donors (Lipinski definition) is 2. The van der Waals surface area contributed by atoms with Crippen LogP contribution in [0.5, 0.6) is 0 Å². The summed E-state index contributed by atoms with van der Waals surface area (Å²) in [6, 6.07) is 7.91. The van der Waals surface area contributed by atoms with Gasteiger partial charge in [0.15, 0.2) is 0 Å². The van der Waals surface area contributed by atoms with Gasteiger partial charge in [0, 0.05) is 22.6 Å². The minimum Gasteiger partial charge on any atom is -0.465 e. The third kappa shape index (κ3) is 2.32. The number of amides is 1. The van der Waals surface area contributed by atoms with E-state index < -0.39 is 11.6 Å². The maximum absolute atomic E-state index is 11.3. The van der Waals surface area contributed by atoms with Crippen LogP contribution in [-0.4, -0.2) is 26.6 Å². The van der Waals surface area contributed by atoms with Gasteiger partial charge in [0.05, 0.1) is 6.54 Å². The van der Waals surface area contributed by atoms with Crippen LogP contribution in [0, 0.1) is 0 Å². The molecule has 0 aliphatic carbocycles. The van der Waals surface area contributed by atoms with E-state index in [9.17, 15) is 9.90 Å². The molecule has 0 saturated heterocycles. The second kappa shape index (κ2) is 4.37. The Bertz CT molecular complexity index is 566. The van der Waals surface area contributed by atoms with Crippen molar-refractivity contribution in [3.63, 3.8) is 0 Å². The van der Waals surface area contributed by atoms with Crippen molar-refractivity contribution >= 4 is 17.0 Å². The molecule has 0 unspecified atom stereocenters. The molecule has 0 atom stereocenters. The number of para-hydroxylation sites is 1. The molecule has 96 valence electrons. The summed E-state index contributed by atoms with van der Waals surface area (Å²) in [4.78, 5) is 15.9. The number of H-pyrrole nitrogens is 1. The van der Waals surface area contributed by atoms with Crippen molar-refractivity contribution in [2.45, 2.75) is 32.9 Å². The Labute approximate surface area is 106 Å². The first-order valence-corrected chi connectivity index (χ1v) is 5.95. The molecule has 0 bridgehead atoms. The second-order valence-corrected chi connectivity index (χ2v) is 5.40. The van der Waals surface area contributed by atoms with Gasteiger partial charge in [-0.15, -0.1) is 0 Å². The van der Waals surface area contributed by atoms with Gasteiger partial charge in [-0.2, -0.15) is 0 Å². The third-order valence-corrected chi connectivity index (χ3v) is 3.04. The number of carbonyl (C=O) groups is 1. The lowest BCUT2D eigenvalue weighted by Gasteiger charge is -2.33. The van der Waals surface area contributed by atoms with Gasteiger partial charge in [0.2, 0.25) is 0 Å². The van der Waals surface area contributed by atoms with E-state index >= 15 is 0 Å². The Morgan fingerprint density at radius 1 is 1.33 bits per heavy atom. The summed E-state index contributed by atoms with van der Waals surface area (Å²) in [7, 11) is 0. The standard InChI is InChI=1S/C14H18N2O2/c1-14(2,3)16(13(17)18)9-10-8-15-12-7-5-4-6-11(10)12/h4-8,15H,9H2,1-3H3,(H,17,18). The number of nitrogens with one attached hydrogen (secondary N) is 1. The molecular weight excluding hydrogens is 228 g/mol. The molecule has 1 aromatic carbocycles. The molecule has 4 nitrogen and oxygen atoms in total. The number of carboxylic acid groups (broad SMARTS) is 1. The number of fused-ring (bicyclic) bond motifs is 1. The highest BCUT2D eigenvalue weighted by molar-refractivity contribution is 5.83. The van der Waals surface area contributed by atoms with Crippen molar-refractivity contribution in [2.24, 2.45) is 0 Å². The molecule has 0 fully saturated rings. The van der Waals surface area contributed by atoms with Gasteiger partial charge >= 0.3 is 6.09 Å². The molecule has 18 heavy (non-hydrogen) atoms.